The maximum absolute atomic E-state index is 13.7. The van der Waals surface area contributed by atoms with Crippen LogP contribution in [0, 0.1) is 0 Å². The summed E-state index contributed by atoms with van der Waals surface area (Å²) in [5.41, 5.74) is 14.5. The first-order chi connectivity index (χ1) is 17.0. The summed E-state index contributed by atoms with van der Waals surface area (Å²) < 4.78 is 0. The molecule has 0 bridgehead atoms. The molecule has 5 N–H and O–H groups in total. The molecule has 4 rings (SSSR count). The molecule has 7 heteroatoms. The van der Waals surface area contributed by atoms with Gasteiger partial charge in [0.1, 0.15) is 5.92 Å². The Kier molecular flexibility index (Phi) is 6.88. The maximum Gasteiger partial charge on any atom is 0.255 e. The number of carbonyl (C=O) groups excluding carboxylic acids is 3. The first-order valence-electron chi connectivity index (χ1n) is 10.9. The highest BCUT2D eigenvalue weighted by Gasteiger charge is 2.32. The molecule has 1 atom stereocenters. The van der Waals surface area contributed by atoms with Gasteiger partial charge in [0, 0.05) is 16.9 Å². The van der Waals surface area contributed by atoms with E-state index in [9.17, 15) is 14.4 Å². The van der Waals surface area contributed by atoms with Crippen molar-refractivity contribution >= 4 is 40.5 Å². The zero-order valence-corrected chi connectivity index (χ0v) is 18.8. The van der Waals surface area contributed by atoms with Crippen LogP contribution in [0.4, 0.5) is 22.7 Å². The Bertz CT molecular complexity index is 1300. The molecule has 35 heavy (non-hydrogen) atoms. The fraction of sp³-hybridized carbons (Fsp3) is 0.0357. The molecule has 4 aromatic carbocycles. The van der Waals surface area contributed by atoms with Crippen LogP contribution in [-0.2, 0) is 9.59 Å². The van der Waals surface area contributed by atoms with Gasteiger partial charge in [0.25, 0.3) is 5.91 Å². The van der Waals surface area contributed by atoms with Crippen molar-refractivity contribution in [3.8, 4) is 0 Å². The van der Waals surface area contributed by atoms with E-state index in [1.54, 1.807) is 72.8 Å². The number of rotatable bonds is 7. The number of nitrogen functional groups attached to an aromatic ring is 1. The third-order valence-corrected chi connectivity index (χ3v) is 5.50. The van der Waals surface area contributed by atoms with Crippen LogP contribution in [0.2, 0.25) is 0 Å². The van der Waals surface area contributed by atoms with Gasteiger partial charge in [0.2, 0.25) is 11.8 Å². The zero-order valence-electron chi connectivity index (χ0n) is 18.8. The van der Waals surface area contributed by atoms with E-state index in [-0.39, 0.29) is 5.91 Å². The minimum atomic E-state index is -1.25. The van der Waals surface area contributed by atoms with Gasteiger partial charge in [-0.05, 0) is 54.1 Å². The molecule has 0 saturated carbocycles. The molecule has 3 amide bonds. The van der Waals surface area contributed by atoms with E-state index in [0.29, 0.717) is 33.9 Å². The smallest absolute Gasteiger partial charge is 0.255 e. The van der Waals surface area contributed by atoms with Crippen molar-refractivity contribution < 1.29 is 14.4 Å². The highest BCUT2D eigenvalue weighted by Crippen LogP contribution is 2.30. The van der Waals surface area contributed by atoms with Crippen LogP contribution in [0.1, 0.15) is 21.8 Å². The Morgan fingerprint density at radius 3 is 1.71 bits per heavy atom. The van der Waals surface area contributed by atoms with Crippen LogP contribution < -0.4 is 21.7 Å². The number of nitrogens with one attached hydrogen (secondary N) is 1. The van der Waals surface area contributed by atoms with Gasteiger partial charge in [-0.15, -0.1) is 0 Å². The quantitative estimate of drug-likeness (QED) is 0.276. The van der Waals surface area contributed by atoms with Gasteiger partial charge in [0.05, 0.1) is 11.4 Å². The molecule has 1 unspecified atom stereocenters. The number of primary amides is 1. The molecule has 0 saturated heterocycles. The molecular formula is C28H24N4O3. The predicted molar refractivity (Wildman–Crippen MR) is 137 cm³/mol. The minimum Gasteiger partial charge on any atom is -0.397 e. The molecule has 7 nitrogen and oxygen atoms in total. The van der Waals surface area contributed by atoms with E-state index in [2.05, 4.69) is 5.32 Å². The van der Waals surface area contributed by atoms with Gasteiger partial charge in [-0.1, -0.05) is 60.7 Å². The van der Waals surface area contributed by atoms with Crippen LogP contribution in [0.25, 0.3) is 0 Å². The second-order valence-corrected chi connectivity index (χ2v) is 7.84. The van der Waals surface area contributed by atoms with Crippen LogP contribution in [0.5, 0.6) is 0 Å². The monoisotopic (exact) mass is 464 g/mol. The first kappa shape index (κ1) is 23.3. The summed E-state index contributed by atoms with van der Waals surface area (Å²) in [7, 11) is 0. The van der Waals surface area contributed by atoms with Gasteiger partial charge in [-0.2, -0.15) is 0 Å². The summed E-state index contributed by atoms with van der Waals surface area (Å²) in [6.45, 7) is 0. The summed E-state index contributed by atoms with van der Waals surface area (Å²) in [5, 5.41) is 2.75. The molecular weight excluding hydrogens is 440 g/mol. The molecule has 0 heterocycles. The van der Waals surface area contributed by atoms with E-state index >= 15 is 0 Å². The molecule has 0 radical (unpaired) electrons. The van der Waals surface area contributed by atoms with E-state index in [4.69, 9.17) is 11.5 Å². The van der Waals surface area contributed by atoms with E-state index in [1.807, 2.05) is 36.4 Å². The zero-order chi connectivity index (χ0) is 24.8. The lowest BCUT2D eigenvalue weighted by molar-refractivity contribution is -0.128. The fourth-order valence-electron chi connectivity index (χ4n) is 3.75. The number of anilines is 4. The molecule has 0 aliphatic carbocycles. The molecule has 0 aliphatic rings. The lowest BCUT2D eigenvalue weighted by Gasteiger charge is -2.26. The van der Waals surface area contributed by atoms with Gasteiger partial charge in [-0.3, -0.25) is 19.3 Å². The standard InChI is InChI=1S/C28H24N4O3/c29-23-13-7-8-14-24(23)31-27(34)20-17-15-19(16-18-20)25(26(30)33)28(35)32(21-9-3-1-4-10-21)22-11-5-2-6-12-22/h1-18,25H,29H2,(H2,30,33)(H,31,34). The van der Waals surface area contributed by atoms with E-state index < -0.39 is 17.7 Å². The minimum absolute atomic E-state index is 0.343. The van der Waals surface area contributed by atoms with Crippen LogP contribution in [-0.4, -0.2) is 17.7 Å². The lowest BCUT2D eigenvalue weighted by atomic mass is 9.95. The summed E-state index contributed by atoms with van der Waals surface area (Å²) in [6, 6.07) is 31.2. The number of para-hydroxylation sites is 4. The largest absolute Gasteiger partial charge is 0.397 e. The molecule has 0 aliphatic heterocycles. The number of hydrogen-bond donors (Lipinski definition) is 3. The third-order valence-electron chi connectivity index (χ3n) is 5.50. The first-order valence-corrected chi connectivity index (χ1v) is 10.9. The molecule has 4 aromatic rings. The van der Waals surface area contributed by atoms with Crippen molar-refractivity contribution in [2.24, 2.45) is 5.73 Å². The van der Waals surface area contributed by atoms with Gasteiger partial charge >= 0.3 is 0 Å². The molecule has 0 spiro atoms. The second-order valence-electron chi connectivity index (χ2n) is 7.84. The van der Waals surface area contributed by atoms with Gasteiger partial charge < -0.3 is 16.8 Å². The number of nitrogens with zero attached hydrogens (tertiary/aromatic N) is 1. The molecule has 0 fully saturated rings. The topological polar surface area (TPSA) is 119 Å². The Labute approximate surface area is 203 Å². The van der Waals surface area contributed by atoms with Crippen molar-refractivity contribution in [1.29, 1.82) is 0 Å². The Hall–Kier alpha value is -4.91. The summed E-state index contributed by atoms with van der Waals surface area (Å²) in [6.07, 6.45) is 0. The van der Waals surface area contributed by atoms with Crippen LogP contribution >= 0.6 is 0 Å². The molecule has 0 aromatic heterocycles. The number of benzene rings is 4. The third kappa shape index (κ3) is 5.20. The summed E-state index contributed by atoms with van der Waals surface area (Å²) in [5.74, 6) is -2.91. The normalized spacial score (nSPS) is 11.3. The predicted octanol–water partition coefficient (Wildman–Crippen LogP) is 4.45. The van der Waals surface area contributed by atoms with E-state index in [1.165, 1.54) is 4.90 Å². The van der Waals surface area contributed by atoms with Crippen molar-refractivity contribution in [2.45, 2.75) is 5.92 Å². The second kappa shape index (κ2) is 10.4. The maximum atomic E-state index is 13.7. The van der Waals surface area contributed by atoms with Crippen molar-refractivity contribution in [1.82, 2.24) is 0 Å². The number of amides is 3. The van der Waals surface area contributed by atoms with E-state index in [0.717, 1.165) is 0 Å². The van der Waals surface area contributed by atoms with Crippen molar-refractivity contribution in [3.05, 3.63) is 120 Å². The molecule has 174 valence electrons. The SMILES string of the molecule is NC(=O)C(C(=O)N(c1ccccc1)c1ccccc1)c1ccc(C(=O)Nc2ccccc2N)cc1. The van der Waals surface area contributed by atoms with Crippen molar-refractivity contribution in [2.75, 3.05) is 16.0 Å². The number of carbonyl (C=O) groups is 3. The highest BCUT2D eigenvalue weighted by molar-refractivity contribution is 6.15. The van der Waals surface area contributed by atoms with Gasteiger partial charge in [-0.25, -0.2) is 0 Å². The summed E-state index contributed by atoms with van der Waals surface area (Å²) in [4.78, 5) is 40.3. The average molecular weight is 465 g/mol. The van der Waals surface area contributed by atoms with Gasteiger partial charge in [0.15, 0.2) is 0 Å². The highest BCUT2D eigenvalue weighted by atomic mass is 16.2. The Balaban J connectivity index is 1.63. The Morgan fingerprint density at radius 2 is 1.20 bits per heavy atom. The fourth-order valence-corrected chi connectivity index (χ4v) is 3.75. The average Bonchev–Trinajstić information content (AvgIpc) is 2.87. The summed E-state index contributed by atoms with van der Waals surface area (Å²) >= 11 is 0. The van der Waals surface area contributed by atoms with Crippen LogP contribution in [0.15, 0.2) is 109 Å². The van der Waals surface area contributed by atoms with Crippen LogP contribution in [0.3, 0.4) is 0 Å². The Morgan fingerprint density at radius 1 is 0.686 bits per heavy atom. The van der Waals surface area contributed by atoms with Crippen molar-refractivity contribution in [3.63, 3.8) is 0 Å². The number of nitrogens with two attached hydrogens (primary N) is 2. The number of hydrogen-bond acceptors (Lipinski definition) is 4. The lowest BCUT2D eigenvalue weighted by Crippen LogP contribution is -2.38.